The van der Waals surface area contributed by atoms with Gasteiger partial charge in [0.25, 0.3) is 0 Å². The Morgan fingerprint density at radius 1 is 1.24 bits per heavy atom. The van der Waals surface area contributed by atoms with Gasteiger partial charge in [-0.3, -0.25) is 4.79 Å². The molecule has 17 heavy (non-hydrogen) atoms. The SMILES string of the molecule is CCOc1c(C)oc(-c2ccccc2)cc1=O. The molecule has 0 fully saturated rings. The van der Waals surface area contributed by atoms with Crippen LogP contribution in [0.3, 0.4) is 0 Å². The lowest BCUT2D eigenvalue weighted by molar-refractivity contribution is 0.317. The summed E-state index contributed by atoms with van der Waals surface area (Å²) in [6.45, 7) is 4.03. The first-order chi connectivity index (χ1) is 8.22. The predicted octanol–water partition coefficient (Wildman–Crippen LogP) is 3.01. The van der Waals surface area contributed by atoms with Crippen LogP contribution >= 0.6 is 0 Å². The van der Waals surface area contributed by atoms with Gasteiger partial charge in [0.2, 0.25) is 11.2 Å². The average molecular weight is 230 g/mol. The summed E-state index contributed by atoms with van der Waals surface area (Å²) < 4.78 is 10.9. The fourth-order valence-corrected chi connectivity index (χ4v) is 1.66. The van der Waals surface area contributed by atoms with Crippen LogP contribution in [-0.4, -0.2) is 6.61 Å². The normalized spacial score (nSPS) is 10.2. The Hall–Kier alpha value is -2.03. The first kappa shape index (κ1) is 11.5. The molecule has 0 aliphatic carbocycles. The van der Waals surface area contributed by atoms with Crippen LogP contribution in [0.25, 0.3) is 11.3 Å². The number of hydrogen-bond acceptors (Lipinski definition) is 3. The molecule has 2 aromatic rings. The van der Waals surface area contributed by atoms with Crippen LogP contribution < -0.4 is 10.2 Å². The lowest BCUT2D eigenvalue weighted by Crippen LogP contribution is -2.08. The van der Waals surface area contributed by atoms with E-state index in [2.05, 4.69) is 0 Å². The van der Waals surface area contributed by atoms with Gasteiger partial charge in [0, 0.05) is 11.6 Å². The summed E-state index contributed by atoms with van der Waals surface area (Å²) in [7, 11) is 0. The Balaban J connectivity index is 2.50. The molecule has 0 unspecified atom stereocenters. The minimum Gasteiger partial charge on any atom is -0.487 e. The molecule has 1 aromatic carbocycles. The molecule has 0 bridgehead atoms. The maximum Gasteiger partial charge on any atom is 0.227 e. The number of hydrogen-bond donors (Lipinski definition) is 0. The van der Waals surface area contributed by atoms with E-state index in [1.54, 1.807) is 6.92 Å². The first-order valence-corrected chi connectivity index (χ1v) is 5.55. The van der Waals surface area contributed by atoms with E-state index in [1.165, 1.54) is 6.07 Å². The smallest absolute Gasteiger partial charge is 0.227 e. The molecule has 2 rings (SSSR count). The quantitative estimate of drug-likeness (QED) is 0.813. The summed E-state index contributed by atoms with van der Waals surface area (Å²) in [5, 5.41) is 0. The van der Waals surface area contributed by atoms with Crippen molar-refractivity contribution < 1.29 is 9.15 Å². The number of benzene rings is 1. The molecule has 1 aromatic heterocycles. The summed E-state index contributed by atoms with van der Waals surface area (Å²) >= 11 is 0. The van der Waals surface area contributed by atoms with E-state index in [1.807, 2.05) is 37.3 Å². The average Bonchev–Trinajstić information content (AvgIpc) is 2.35. The predicted molar refractivity (Wildman–Crippen MR) is 66.3 cm³/mol. The Morgan fingerprint density at radius 3 is 2.53 bits per heavy atom. The van der Waals surface area contributed by atoms with Gasteiger partial charge in [-0.05, 0) is 13.8 Å². The maximum absolute atomic E-state index is 11.8. The van der Waals surface area contributed by atoms with Gasteiger partial charge in [0.05, 0.1) is 6.61 Å². The van der Waals surface area contributed by atoms with Crippen molar-refractivity contribution in [1.82, 2.24) is 0 Å². The molecule has 0 spiro atoms. The second kappa shape index (κ2) is 4.87. The van der Waals surface area contributed by atoms with Crippen molar-refractivity contribution in [2.75, 3.05) is 6.61 Å². The largest absolute Gasteiger partial charge is 0.487 e. The van der Waals surface area contributed by atoms with E-state index in [0.717, 1.165) is 5.56 Å². The molecule has 3 nitrogen and oxygen atoms in total. The van der Waals surface area contributed by atoms with Crippen molar-refractivity contribution >= 4 is 0 Å². The zero-order chi connectivity index (χ0) is 12.3. The second-order valence-corrected chi connectivity index (χ2v) is 3.66. The molecule has 0 amide bonds. The minimum atomic E-state index is -0.144. The standard InChI is InChI=1S/C14H14O3/c1-3-16-14-10(2)17-13(9-12(14)15)11-7-5-4-6-8-11/h4-9H,3H2,1-2H3. The molecule has 3 heteroatoms. The molecule has 0 aliphatic rings. The summed E-state index contributed by atoms with van der Waals surface area (Å²) in [4.78, 5) is 11.8. The third-order valence-electron chi connectivity index (χ3n) is 2.42. The Labute approximate surface area is 99.7 Å². The second-order valence-electron chi connectivity index (χ2n) is 3.66. The van der Waals surface area contributed by atoms with Crippen molar-refractivity contribution in [1.29, 1.82) is 0 Å². The van der Waals surface area contributed by atoms with Crippen LogP contribution in [0.4, 0.5) is 0 Å². The number of aryl methyl sites for hydroxylation is 1. The molecule has 0 saturated heterocycles. The highest BCUT2D eigenvalue weighted by molar-refractivity contribution is 5.57. The highest BCUT2D eigenvalue weighted by Gasteiger charge is 2.10. The van der Waals surface area contributed by atoms with Gasteiger partial charge in [-0.2, -0.15) is 0 Å². The lowest BCUT2D eigenvalue weighted by Gasteiger charge is -2.07. The van der Waals surface area contributed by atoms with Gasteiger partial charge in [-0.15, -0.1) is 0 Å². The molecule has 0 aliphatic heterocycles. The van der Waals surface area contributed by atoms with Crippen LogP contribution in [-0.2, 0) is 0 Å². The van der Waals surface area contributed by atoms with Crippen LogP contribution in [0.5, 0.6) is 5.75 Å². The molecule has 0 radical (unpaired) electrons. The molecule has 1 heterocycles. The Morgan fingerprint density at radius 2 is 1.94 bits per heavy atom. The zero-order valence-corrected chi connectivity index (χ0v) is 9.90. The van der Waals surface area contributed by atoms with E-state index in [4.69, 9.17) is 9.15 Å². The highest BCUT2D eigenvalue weighted by Crippen LogP contribution is 2.22. The highest BCUT2D eigenvalue weighted by atomic mass is 16.5. The van der Waals surface area contributed by atoms with E-state index >= 15 is 0 Å². The van der Waals surface area contributed by atoms with Crippen molar-refractivity contribution in [2.24, 2.45) is 0 Å². The Kier molecular flexibility index (Phi) is 3.28. The van der Waals surface area contributed by atoms with E-state index in [9.17, 15) is 4.79 Å². The number of rotatable bonds is 3. The van der Waals surface area contributed by atoms with Crippen LogP contribution in [0.1, 0.15) is 12.7 Å². The first-order valence-electron chi connectivity index (χ1n) is 5.55. The molecular weight excluding hydrogens is 216 g/mol. The van der Waals surface area contributed by atoms with Gasteiger partial charge in [-0.25, -0.2) is 0 Å². The van der Waals surface area contributed by atoms with Gasteiger partial charge < -0.3 is 9.15 Å². The number of ether oxygens (including phenoxy) is 1. The van der Waals surface area contributed by atoms with Gasteiger partial charge in [0.1, 0.15) is 11.5 Å². The van der Waals surface area contributed by atoms with Crippen LogP contribution in [0, 0.1) is 6.92 Å². The molecule has 0 N–H and O–H groups in total. The lowest BCUT2D eigenvalue weighted by atomic mass is 10.1. The monoisotopic (exact) mass is 230 g/mol. The molecular formula is C14H14O3. The summed E-state index contributed by atoms with van der Waals surface area (Å²) in [6, 6.07) is 11.0. The van der Waals surface area contributed by atoms with E-state index in [0.29, 0.717) is 23.9 Å². The fraction of sp³-hybridized carbons (Fsp3) is 0.214. The zero-order valence-electron chi connectivity index (χ0n) is 9.90. The van der Waals surface area contributed by atoms with Gasteiger partial charge in [0.15, 0.2) is 0 Å². The minimum absolute atomic E-state index is 0.144. The van der Waals surface area contributed by atoms with Crippen molar-refractivity contribution in [3.63, 3.8) is 0 Å². The fourth-order valence-electron chi connectivity index (χ4n) is 1.66. The summed E-state index contributed by atoms with van der Waals surface area (Å²) in [5.74, 6) is 1.38. The van der Waals surface area contributed by atoms with Crippen molar-refractivity contribution in [3.8, 4) is 17.1 Å². The molecule has 0 atom stereocenters. The third-order valence-corrected chi connectivity index (χ3v) is 2.42. The van der Waals surface area contributed by atoms with Crippen molar-refractivity contribution in [2.45, 2.75) is 13.8 Å². The molecule has 0 saturated carbocycles. The van der Waals surface area contributed by atoms with Crippen LogP contribution in [0.2, 0.25) is 0 Å². The van der Waals surface area contributed by atoms with Gasteiger partial charge in [-0.1, -0.05) is 30.3 Å². The summed E-state index contributed by atoms with van der Waals surface area (Å²) in [5.41, 5.74) is 0.741. The van der Waals surface area contributed by atoms with Gasteiger partial charge >= 0.3 is 0 Å². The van der Waals surface area contributed by atoms with E-state index < -0.39 is 0 Å². The third kappa shape index (κ3) is 2.38. The topological polar surface area (TPSA) is 39.4 Å². The summed E-state index contributed by atoms with van der Waals surface area (Å²) in [6.07, 6.45) is 0. The Bertz CT molecular complexity index is 555. The maximum atomic E-state index is 11.8. The van der Waals surface area contributed by atoms with Crippen molar-refractivity contribution in [3.05, 3.63) is 52.4 Å². The molecule has 88 valence electrons. The van der Waals surface area contributed by atoms with Crippen LogP contribution in [0.15, 0.2) is 45.6 Å². The van der Waals surface area contributed by atoms with E-state index in [-0.39, 0.29) is 5.43 Å².